The van der Waals surface area contributed by atoms with Crippen molar-refractivity contribution < 1.29 is 23.5 Å². The molecular weight excluding hydrogens is 587 g/mol. The number of likely N-dealkylation sites (tertiary alicyclic amines) is 1. The SMILES string of the molecule is CN1CC(=O)OC(C2CCN(CC=CC(=O)Nc3cc4c(Nc5ccc(F)c(Cl)c5)ncnc4cc3OCC3CC3)CC2)C1. The van der Waals surface area contributed by atoms with Crippen LogP contribution in [-0.2, 0) is 14.3 Å². The first-order valence-corrected chi connectivity index (χ1v) is 15.4. The number of nitrogens with one attached hydrogen (secondary N) is 2. The fraction of sp³-hybridized carbons (Fsp3) is 0.438. The van der Waals surface area contributed by atoms with Gasteiger partial charge >= 0.3 is 5.97 Å². The van der Waals surface area contributed by atoms with Crippen molar-refractivity contribution in [3.63, 3.8) is 0 Å². The van der Waals surface area contributed by atoms with E-state index in [1.165, 1.54) is 18.5 Å². The van der Waals surface area contributed by atoms with Gasteiger partial charge in [0.1, 0.15) is 29.8 Å². The van der Waals surface area contributed by atoms with Crippen molar-refractivity contribution in [3.8, 4) is 5.75 Å². The first kappa shape index (κ1) is 30.2. The summed E-state index contributed by atoms with van der Waals surface area (Å²) in [5, 5.41) is 6.80. The number of ether oxygens (including phenoxy) is 2. The average molecular weight is 623 g/mol. The maximum absolute atomic E-state index is 13.7. The van der Waals surface area contributed by atoms with E-state index >= 15 is 0 Å². The van der Waals surface area contributed by atoms with Crippen LogP contribution >= 0.6 is 11.6 Å². The monoisotopic (exact) mass is 622 g/mol. The topological polar surface area (TPSA) is 109 Å². The molecule has 232 valence electrons. The van der Waals surface area contributed by atoms with Crippen LogP contribution in [0.15, 0.2) is 48.8 Å². The van der Waals surface area contributed by atoms with E-state index in [1.54, 1.807) is 24.3 Å². The van der Waals surface area contributed by atoms with Crippen molar-refractivity contribution in [2.75, 3.05) is 57.0 Å². The summed E-state index contributed by atoms with van der Waals surface area (Å²) in [6, 6.07) is 7.92. The highest BCUT2D eigenvalue weighted by atomic mass is 35.5. The Balaban J connectivity index is 1.11. The summed E-state index contributed by atoms with van der Waals surface area (Å²) in [4.78, 5) is 38.0. The molecule has 2 N–H and O–H groups in total. The number of anilines is 3. The smallest absolute Gasteiger partial charge is 0.320 e. The van der Waals surface area contributed by atoms with E-state index in [4.69, 9.17) is 21.1 Å². The number of halogens is 2. The second kappa shape index (κ2) is 13.5. The van der Waals surface area contributed by atoms with Gasteiger partial charge in [-0.1, -0.05) is 17.7 Å². The molecule has 3 fully saturated rings. The number of benzene rings is 2. The summed E-state index contributed by atoms with van der Waals surface area (Å²) in [5.74, 6) is 0.970. The third kappa shape index (κ3) is 7.64. The molecule has 1 aromatic heterocycles. The zero-order chi connectivity index (χ0) is 30.6. The van der Waals surface area contributed by atoms with Crippen LogP contribution in [0.25, 0.3) is 10.9 Å². The lowest BCUT2D eigenvalue weighted by Gasteiger charge is -2.38. The molecule has 1 unspecified atom stereocenters. The Bertz CT molecular complexity index is 1560. The summed E-state index contributed by atoms with van der Waals surface area (Å²) in [5.41, 5.74) is 1.71. The lowest BCUT2D eigenvalue weighted by molar-refractivity contribution is -0.162. The predicted molar refractivity (Wildman–Crippen MR) is 167 cm³/mol. The molecule has 0 radical (unpaired) electrons. The van der Waals surface area contributed by atoms with Crippen LogP contribution in [0.5, 0.6) is 5.75 Å². The molecule has 12 heteroatoms. The van der Waals surface area contributed by atoms with Crippen molar-refractivity contribution in [1.29, 1.82) is 0 Å². The summed E-state index contributed by atoms with van der Waals surface area (Å²) < 4.78 is 25.4. The number of piperidine rings is 1. The molecule has 0 spiro atoms. The van der Waals surface area contributed by atoms with Gasteiger partial charge in [0, 0.05) is 36.3 Å². The third-order valence-electron chi connectivity index (χ3n) is 8.31. The number of fused-ring (bicyclic) bond motifs is 1. The Labute approximate surface area is 260 Å². The highest BCUT2D eigenvalue weighted by Gasteiger charge is 2.33. The molecule has 3 aliphatic rings. The van der Waals surface area contributed by atoms with E-state index in [1.807, 2.05) is 18.0 Å². The minimum Gasteiger partial charge on any atom is -0.491 e. The molecule has 6 rings (SSSR count). The average Bonchev–Trinajstić information content (AvgIpc) is 3.83. The molecule has 3 aromatic rings. The van der Waals surface area contributed by atoms with Gasteiger partial charge in [-0.25, -0.2) is 14.4 Å². The maximum atomic E-state index is 13.7. The van der Waals surface area contributed by atoms with Gasteiger partial charge in [-0.2, -0.15) is 0 Å². The van der Waals surface area contributed by atoms with Crippen molar-refractivity contribution >= 4 is 51.6 Å². The minimum absolute atomic E-state index is 0.00389. The molecule has 1 atom stereocenters. The lowest BCUT2D eigenvalue weighted by Crippen LogP contribution is -2.49. The first-order valence-electron chi connectivity index (χ1n) is 15.0. The number of cyclic esters (lactones) is 1. The molecule has 0 bridgehead atoms. The second-order valence-corrected chi connectivity index (χ2v) is 12.3. The van der Waals surface area contributed by atoms with Gasteiger partial charge < -0.3 is 20.1 Å². The number of carbonyl (C=O) groups is 2. The normalized spacial score (nSPS) is 20.2. The summed E-state index contributed by atoms with van der Waals surface area (Å²) in [6.45, 7) is 4.12. The number of morpholine rings is 1. The predicted octanol–water partition coefficient (Wildman–Crippen LogP) is 5.02. The van der Waals surface area contributed by atoms with Crippen LogP contribution in [0.2, 0.25) is 5.02 Å². The van der Waals surface area contributed by atoms with Crippen LogP contribution in [0.1, 0.15) is 25.7 Å². The molecule has 2 saturated heterocycles. The standard InChI is InChI=1S/C32H36ClFN6O4/c1-39-16-29(44-31(42)17-39)21-8-11-40(12-9-21)10-2-3-30(41)38-27-14-23-26(15-28(27)43-18-20-4-5-20)35-19-36-32(23)37-22-6-7-25(34)24(33)13-22/h2-3,6-7,13-15,19-21,29H,4-5,8-12,16-18H2,1H3,(H,38,41)(H,35,36,37). The van der Waals surface area contributed by atoms with Gasteiger partial charge in [0.15, 0.2) is 0 Å². The van der Waals surface area contributed by atoms with Gasteiger partial charge in [0.05, 0.1) is 29.4 Å². The number of aromatic nitrogens is 2. The van der Waals surface area contributed by atoms with E-state index in [-0.39, 0.29) is 23.0 Å². The van der Waals surface area contributed by atoms with E-state index in [0.29, 0.717) is 65.4 Å². The van der Waals surface area contributed by atoms with Crippen LogP contribution in [0.3, 0.4) is 0 Å². The summed E-state index contributed by atoms with van der Waals surface area (Å²) >= 11 is 5.97. The van der Waals surface area contributed by atoms with Crippen LogP contribution < -0.4 is 15.4 Å². The van der Waals surface area contributed by atoms with Crippen LogP contribution in [0.4, 0.5) is 21.6 Å². The van der Waals surface area contributed by atoms with E-state index in [9.17, 15) is 14.0 Å². The molecule has 2 aliphatic heterocycles. The van der Waals surface area contributed by atoms with Gasteiger partial charge in [0.25, 0.3) is 0 Å². The molecule has 10 nitrogen and oxygen atoms in total. The number of likely N-dealkylation sites (N-methyl/N-ethyl adjacent to an activating group) is 1. The molecule has 3 heterocycles. The Morgan fingerprint density at radius 1 is 1.18 bits per heavy atom. The fourth-order valence-corrected chi connectivity index (χ4v) is 5.86. The Morgan fingerprint density at radius 3 is 2.75 bits per heavy atom. The van der Waals surface area contributed by atoms with Crippen molar-refractivity contribution in [2.45, 2.75) is 31.8 Å². The van der Waals surface area contributed by atoms with Gasteiger partial charge in [-0.05, 0) is 81.9 Å². The Morgan fingerprint density at radius 2 is 2.00 bits per heavy atom. The molecule has 2 aromatic carbocycles. The zero-order valence-corrected chi connectivity index (χ0v) is 25.4. The molecule has 1 amide bonds. The van der Waals surface area contributed by atoms with Gasteiger partial charge in [-0.15, -0.1) is 0 Å². The number of hydrogen-bond donors (Lipinski definition) is 2. The largest absolute Gasteiger partial charge is 0.491 e. The van der Waals surface area contributed by atoms with Crippen molar-refractivity contribution in [1.82, 2.24) is 19.8 Å². The van der Waals surface area contributed by atoms with E-state index in [0.717, 1.165) is 45.3 Å². The lowest BCUT2D eigenvalue weighted by atomic mass is 9.90. The zero-order valence-electron chi connectivity index (χ0n) is 24.6. The molecule has 44 heavy (non-hydrogen) atoms. The number of carbonyl (C=O) groups excluding carboxylic acids is 2. The van der Waals surface area contributed by atoms with Crippen LogP contribution in [-0.4, -0.2) is 84.1 Å². The number of esters is 1. The minimum atomic E-state index is -0.510. The van der Waals surface area contributed by atoms with E-state index in [2.05, 4.69) is 25.5 Å². The number of nitrogens with zero attached hydrogens (tertiary/aromatic N) is 4. The summed E-state index contributed by atoms with van der Waals surface area (Å²) in [7, 11) is 1.95. The fourth-order valence-electron chi connectivity index (χ4n) is 5.67. The number of hydrogen-bond acceptors (Lipinski definition) is 9. The Kier molecular flexibility index (Phi) is 9.25. The highest BCUT2D eigenvalue weighted by molar-refractivity contribution is 6.31. The first-order chi connectivity index (χ1) is 21.3. The maximum Gasteiger partial charge on any atom is 0.320 e. The Hall–Kier alpha value is -3.80. The van der Waals surface area contributed by atoms with Gasteiger partial charge in [-0.3, -0.25) is 19.4 Å². The van der Waals surface area contributed by atoms with Crippen molar-refractivity contribution in [3.05, 3.63) is 59.7 Å². The number of amides is 1. The molecule has 1 aliphatic carbocycles. The third-order valence-corrected chi connectivity index (χ3v) is 8.60. The quantitative estimate of drug-likeness (QED) is 0.238. The second-order valence-electron chi connectivity index (χ2n) is 11.9. The number of rotatable bonds is 10. The van der Waals surface area contributed by atoms with Crippen molar-refractivity contribution in [2.24, 2.45) is 11.8 Å². The summed E-state index contributed by atoms with van der Waals surface area (Å²) in [6.07, 6.45) is 8.97. The van der Waals surface area contributed by atoms with Gasteiger partial charge in [0.2, 0.25) is 5.91 Å². The molecule has 1 saturated carbocycles. The molecular formula is C32H36ClFN6O4. The van der Waals surface area contributed by atoms with Crippen LogP contribution in [0, 0.1) is 17.7 Å². The van der Waals surface area contributed by atoms with E-state index < -0.39 is 5.82 Å². The highest BCUT2D eigenvalue weighted by Crippen LogP contribution is 2.36.